The van der Waals surface area contributed by atoms with Gasteiger partial charge in [0.1, 0.15) is 5.84 Å². The number of rotatable bonds is 4. The summed E-state index contributed by atoms with van der Waals surface area (Å²) in [5.41, 5.74) is 3.12. The van der Waals surface area contributed by atoms with Crippen molar-refractivity contribution >= 4 is 17.4 Å². The van der Waals surface area contributed by atoms with Gasteiger partial charge in [-0.05, 0) is 37.6 Å². The van der Waals surface area contributed by atoms with E-state index >= 15 is 0 Å². The van der Waals surface area contributed by atoms with E-state index in [0.29, 0.717) is 30.1 Å². The van der Waals surface area contributed by atoms with E-state index in [2.05, 4.69) is 15.1 Å². The van der Waals surface area contributed by atoms with Crippen molar-refractivity contribution < 1.29 is 9.90 Å². The minimum atomic E-state index is -0.925. The van der Waals surface area contributed by atoms with Gasteiger partial charge < -0.3 is 10.0 Å². The van der Waals surface area contributed by atoms with Gasteiger partial charge in [-0.15, -0.1) is 0 Å². The quantitative estimate of drug-likeness (QED) is 0.742. The number of carbonyl (C=O) groups excluding carboxylic acids is 1. The summed E-state index contributed by atoms with van der Waals surface area (Å²) in [7, 11) is 1.83. The Kier molecular flexibility index (Phi) is 4.76. The summed E-state index contributed by atoms with van der Waals surface area (Å²) in [5.74, 6) is 0.305. The Morgan fingerprint density at radius 2 is 2.07 bits per heavy atom. The molecule has 0 spiro atoms. The first-order valence-electron chi connectivity index (χ1n) is 9.45. The van der Waals surface area contributed by atoms with Crippen LogP contribution in [-0.2, 0) is 13.5 Å². The lowest BCUT2D eigenvalue weighted by atomic mass is 10.1. The van der Waals surface area contributed by atoms with Gasteiger partial charge in [0.15, 0.2) is 0 Å². The monoisotopic (exact) mass is 389 g/mol. The molecule has 0 aliphatic carbocycles. The number of amidine groups is 1. The minimum absolute atomic E-state index is 0.332. The molecule has 1 aliphatic heterocycles. The van der Waals surface area contributed by atoms with E-state index in [1.165, 1.54) is 0 Å². The molecule has 29 heavy (non-hydrogen) atoms. The van der Waals surface area contributed by atoms with Gasteiger partial charge in [-0.25, -0.2) is 0 Å². The molecule has 0 fully saturated rings. The van der Waals surface area contributed by atoms with Crippen LogP contribution in [0.3, 0.4) is 0 Å². The largest absolute Gasteiger partial charge is 0.389 e. The van der Waals surface area contributed by atoms with E-state index in [1.807, 2.05) is 42.4 Å². The van der Waals surface area contributed by atoms with Crippen LogP contribution in [0.4, 0.5) is 5.69 Å². The number of aromatic nitrogens is 3. The van der Waals surface area contributed by atoms with Crippen molar-refractivity contribution in [3.63, 3.8) is 0 Å². The highest BCUT2D eigenvalue weighted by Gasteiger charge is 2.30. The molecule has 0 radical (unpaired) electrons. The number of benzene rings is 1. The Balaban J connectivity index is 1.65. The fourth-order valence-electron chi connectivity index (χ4n) is 3.45. The predicted molar refractivity (Wildman–Crippen MR) is 112 cm³/mol. The molecule has 1 N–H and O–H groups in total. The second-order valence-electron chi connectivity index (χ2n) is 7.87. The number of para-hydroxylation sites is 1. The van der Waals surface area contributed by atoms with Crippen LogP contribution in [0.25, 0.3) is 11.3 Å². The minimum Gasteiger partial charge on any atom is -0.389 e. The van der Waals surface area contributed by atoms with E-state index < -0.39 is 5.60 Å². The molecular formula is C22H23N5O2. The molecule has 0 atom stereocenters. The number of fused-ring (bicyclic) bond motifs is 1. The lowest BCUT2D eigenvalue weighted by molar-refractivity contribution is 0.0901. The second kappa shape index (κ2) is 7.25. The van der Waals surface area contributed by atoms with Crippen LogP contribution < -0.4 is 4.90 Å². The van der Waals surface area contributed by atoms with Gasteiger partial charge in [0.05, 0.1) is 24.0 Å². The molecular weight excluding hydrogens is 366 g/mol. The van der Waals surface area contributed by atoms with Crippen LogP contribution >= 0.6 is 0 Å². The highest BCUT2D eigenvalue weighted by atomic mass is 16.3. The van der Waals surface area contributed by atoms with Crippen LogP contribution in [0.15, 0.2) is 60.0 Å². The number of hydrogen-bond donors (Lipinski definition) is 1. The van der Waals surface area contributed by atoms with Gasteiger partial charge in [0.25, 0.3) is 5.91 Å². The topological polar surface area (TPSA) is 83.6 Å². The van der Waals surface area contributed by atoms with E-state index in [1.54, 1.807) is 43.1 Å². The third-order valence-corrected chi connectivity index (χ3v) is 4.73. The fourth-order valence-corrected chi connectivity index (χ4v) is 3.45. The van der Waals surface area contributed by atoms with Crippen LogP contribution in [0.1, 0.15) is 29.8 Å². The molecule has 7 nitrogen and oxygen atoms in total. The van der Waals surface area contributed by atoms with Gasteiger partial charge in [0, 0.05) is 42.7 Å². The number of aliphatic hydroxyl groups is 1. The molecule has 1 amide bonds. The molecule has 1 aromatic carbocycles. The van der Waals surface area contributed by atoms with E-state index in [0.717, 1.165) is 16.8 Å². The first-order valence-corrected chi connectivity index (χ1v) is 9.45. The van der Waals surface area contributed by atoms with Crippen LogP contribution in [0.5, 0.6) is 0 Å². The summed E-state index contributed by atoms with van der Waals surface area (Å²) in [6.07, 6.45) is 5.72. The summed E-state index contributed by atoms with van der Waals surface area (Å²) < 4.78 is 1.69. The Hall–Kier alpha value is -3.32. The molecule has 3 aromatic rings. The fraction of sp³-hybridized carbons (Fsp3) is 0.273. The normalized spacial score (nSPS) is 15.0. The van der Waals surface area contributed by atoms with Gasteiger partial charge in [-0.3, -0.25) is 14.5 Å². The molecule has 148 valence electrons. The molecule has 4 rings (SSSR count). The van der Waals surface area contributed by atoms with Crippen molar-refractivity contribution in [3.8, 4) is 11.3 Å². The summed E-state index contributed by atoms with van der Waals surface area (Å²) in [5, 5.41) is 14.5. The molecule has 0 unspecified atom stereocenters. The molecule has 1 aliphatic rings. The van der Waals surface area contributed by atoms with Gasteiger partial charge in [-0.2, -0.15) is 10.1 Å². The van der Waals surface area contributed by atoms with Gasteiger partial charge in [-0.1, -0.05) is 18.2 Å². The van der Waals surface area contributed by atoms with E-state index in [-0.39, 0.29) is 5.91 Å². The predicted octanol–water partition coefficient (Wildman–Crippen LogP) is 2.85. The molecule has 0 bridgehead atoms. The maximum Gasteiger partial charge on any atom is 0.278 e. The van der Waals surface area contributed by atoms with Crippen molar-refractivity contribution in [1.82, 2.24) is 14.8 Å². The molecule has 3 heterocycles. The number of aliphatic imine (C=N–C) groups is 1. The van der Waals surface area contributed by atoms with Gasteiger partial charge >= 0.3 is 0 Å². The smallest absolute Gasteiger partial charge is 0.278 e. The van der Waals surface area contributed by atoms with Crippen molar-refractivity contribution in [1.29, 1.82) is 0 Å². The lowest BCUT2D eigenvalue weighted by Crippen LogP contribution is -2.40. The Morgan fingerprint density at radius 1 is 1.28 bits per heavy atom. The number of pyridine rings is 1. The standard InChI is InChI=1S/C22H23N5O2/c1-22(2,29)14-27-19-7-5-4-6-15(19)11-20(27)25-21(28)16-8-9-23-18(10-16)17-12-24-26(3)13-17/h4-10,12-13,29H,11,14H2,1-3H3. The molecule has 2 aromatic heterocycles. The SMILES string of the molecule is Cn1cc(-c2cc(C(=O)N=C3Cc4ccccc4N3CC(C)(C)O)ccn2)cn1. The van der Waals surface area contributed by atoms with Crippen molar-refractivity contribution in [2.24, 2.45) is 12.0 Å². The molecule has 7 heteroatoms. The number of aryl methyl sites for hydroxylation is 1. The van der Waals surface area contributed by atoms with Gasteiger partial charge in [0.2, 0.25) is 0 Å². The number of amides is 1. The average molecular weight is 389 g/mol. The Labute approximate surface area is 169 Å². The van der Waals surface area contributed by atoms with Crippen LogP contribution in [-0.4, -0.2) is 43.8 Å². The average Bonchev–Trinajstić information content (AvgIpc) is 3.25. The Bertz CT molecular complexity index is 1090. The zero-order valence-electron chi connectivity index (χ0n) is 16.7. The summed E-state index contributed by atoms with van der Waals surface area (Å²) >= 11 is 0. The van der Waals surface area contributed by atoms with Crippen molar-refractivity contribution in [2.45, 2.75) is 25.9 Å². The number of anilines is 1. The highest BCUT2D eigenvalue weighted by molar-refractivity contribution is 6.12. The third kappa shape index (κ3) is 4.09. The van der Waals surface area contributed by atoms with E-state index in [4.69, 9.17) is 0 Å². The highest BCUT2D eigenvalue weighted by Crippen LogP contribution is 2.31. The first kappa shape index (κ1) is 19.0. The molecule has 0 saturated heterocycles. The number of hydrogen-bond acceptors (Lipinski definition) is 4. The first-order chi connectivity index (χ1) is 13.8. The third-order valence-electron chi connectivity index (χ3n) is 4.73. The van der Waals surface area contributed by atoms with Crippen molar-refractivity contribution in [2.75, 3.05) is 11.4 Å². The zero-order valence-corrected chi connectivity index (χ0v) is 16.7. The lowest BCUT2D eigenvalue weighted by Gasteiger charge is -2.27. The van der Waals surface area contributed by atoms with E-state index in [9.17, 15) is 9.90 Å². The van der Waals surface area contributed by atoms with Crippen LogP contribution in [0.2, 0.25) is 0 Å². The Morgan fingerprint density at radius 3 is 2.79 bits per heavy atom. The second-order valence-corrected chi connectivity index (χ2v) is 7.87. The number of β-amino-alcohol motifs (C(OH)–C–C–N with tert-alkyl or cyclic N) is 1. The number of carbonyl (C=O) groups is 1. The summed E-state index contributed by atoms with van der Waals surface area (Å²) in [6.45, 7) is 3.85. The van der Waals surface area contributed by atoms with Crippen molar-refractivity contribution in [3.05, 3.63) is 66.1 Å². The summed E-state index contributed by atoms with van der Waals surface area (Å²) in [6, 6.07) is 11.3. The maximum absolute atomic E-state index is 12.9. The molecule has 0 saturated carbocycles. The zero-order chi connectivity index (χ0) is 20.6. The number of nitrogens with zero attached hydrogens (tertiary/aromatic N) is 5. The van der Waals surface area contributed by atoms with Crippen LogP contribution in [0, 0.1) is 0 Å². The maximum atomic E-state index is 12.9. The summed E-state index contributed by atoms with van der Waals surface area (Å²) in [4.78, 5) is 23.6.